The van der Waals surface area contributed by atoms with E-state index in [9.17, 15) is 0 Å². The van der Waals surface area contributed by atoms with Crippen LogP contribution in [0, 0.1) is 0 Å². The van der Waals surface area contributed by atoms with Crippen molar-refractivity contribution in [1.82, 2.24) is 14.9 Å². The molecule has 0 saturated heterocycles. The molecule has 5 nitrogen and oxygen atoms in total. The number of nitrogen functional groups attached to an aromatic ring is 1. The Morgan fingerprint density at radius 1 is 1.46 bits per heavy atom. The third kappa shape index (κ3) is 2.35. The predicted octanol–water partition coefficient (Wildman–Crippen LogP) is 0.166. The first-order valence-electron chi connectivity index (χ1n) is 4.20. The third-order valence-corrected chi connectivity index (χ3v) is 2.53. The molecule has 0 unspecified atom stereocenters. The van der Waals surface area contributed by atoms with E-state index in [0.717, 1.165) is 16.7 Å². The van der Waals surface area contributed by atoms with Gasteiger partial charge in [-0.1, -0.05) is 25.6 Å². The molecule has 0 fully saturated rings. The molecule has 0 saturated carbocycles. The van der Waals surface area contributed by atoms with Crippen LogP contribution in [-0.2, 0) is 0 Å². The fourth-order valence-corrected chi connectivity index (χ4v) is 1.56. The molecule has 4 N–H and O–H groups in total. The molecule has 0 amide bonds. The Bertz CT molecular complexity index is 270. The van der Waals surface area contributed by atoms with Gasteiger partial charge < -0.3 is 11.6 Å². The maximum absolute atomic E-state index is 5.78. The monoisotopic (exact) mass is 201 g/mol. The normalized spacial score (nSPS) is 11.1. The second-order valence-corrected chi connectivity index (χ2v) is 4.06. The van der Waals surface area contributed by atoms with Gasteiger partial charge in [-0.05, 0) is 0 Å². The van der Waals surface area contributed by atoms with Crippen LogP contribution in [0.4, 0.5) is 0 Å². The minimum Gasteiger partial charge on any atom is -0.336 e. The zero-order chi connectivity index (χ0) is 9.84. The van der Waals surface area contributed by atoms with Crippen LogP contribution in [-0.4, -0.2) is 27.2 Å². The largest absolute Gasteiger partial charge is 0.336 e. The van der Waals surface area contributed by atoms with E-state index >= 15 is 0 Å². The quantitative estimate of drug-likeness (QED) is 0.536. The third-order valence-electron chi connectivity index (χ3n) is 1.56. The average molecular weight is 201 g/mol. The van der Waals surface area contributed by atoms with Crippen molar-refractivity contribution in [3.05, 3.63) is 5.82 Å². The highest BCUT2D eigenvalue weighted by molar-refractivity contribution is 7.99. The number of hydrogen-bond acceptors (Lipinski definition) is 5. The minimum atomic E-state index is 0.296. The van der Waals surface area contributed by atoms with Crippen LogP contribution < -0.4 is 11.6 Å². The maximum atomic E-state index is 5.78. The molecular formula is C7H15N5S. The Balaban J connectivity index is 2.74. The lowest BCUT2D eigenvalue weighted by atomic mass is 10.2. The van der Waals surface area contributed by atoms with Crippen LogP contribution in [0.1, 0.15) is 25.6 Å². The van der Waals surface area contributed by atoms with Gasteiger partial charge in [0.25, 0.3) is 0 Å². The lowest BCUT2D eigenvalue weighted by Crippen LogP contribution is -2.15. The van der Waals surface area contributed by atoms with Crippen molar-refractivity contribution in [3.8, 4) is 0 Å². The Hall–Kier alpha value is -0.750. The predicted molar refractivity (Wildman–Crippen MR) is 54.0 cm³/mol. The average Bonchev–Trinajstić information content (AvgIpc) is 2.43. The summed E-state index contributed by atoms with van der Waals surface area (Å²) in [4.78, 5) is 0. The lowest BCUT2D eigenvalue weighted by molar-refractivity contribution is 0.712. The van der Waals surface area contributed by atoms with Gasteiger partial charge in [-0.2, -0.15) is 0 Å². The summed E-state index contributed by atoms with van der Waals surface area (Å²) in [7, 11) is 0. The molecule has 0 aliphatic carbocycles. The van der Waals surface area contributed by atoms with Crippen LogP contribution in [0.2, 0.25) is 0 Å². The van der Waals surface area contributed by atoms with Gasteiger partial charge in [0.15, 0.2) is 5.82 Å². The molecule has 6 heteroatoms. The molecule has 1 rings (SSSR count). The molecule has 0 atom stereocenters. The van der Waals surface area contributed by atoms with Crippen LogP contribution in [0.5, 0.6) is 0 Å². The smallest absolute Gasteiger partial charge is 0.209 e. The SMILES string of the molecule is CC(C)c1nnc(SCCN)n1N. The van der Waals surface area contributed by atoms with Gasteiger partial charge in [0, 0.05) is 18.2 Å². The summed E-state index contributed by atoms with van der Waals surface area (Å²) in [5.74, 6) is 7.69. The molecule has 0 radical (unpaired) electrons. The second kappa shape index (κ2) is 4.48. The van der Waals surface area contributed by atoms with Gasteiger partial charge >= 0.3 is 0 Å². The molecule has 1 aromatic rings. The van der Waals surface area contributed by atoms with Crippen molar-refractivity contribution >= 4 is 11.8 Å². The van der Waals surface area contributed by atoms with Gasteiger partial charge in [0.05, 0.1) is 0 Å². The van der Waals surface area contributed by atoms with Crippen molar-refractivity contribution in [2.24, 2.45) is 5.73 Å². The molecule has 13 heavy (non-hydrogen) atoms. The van der Waals surface area contributed by atoms with Crippen molar-refractivity contribution in [3.63, 3.8) is 0 Å². The fourth-order valence-electron chi connectivity index (χ4n) is 0.931. The van der Waals surface area contributed by atoms with E-state index in [1.165, 1.54) is 16.4 Å². The maximum Gasteiger partial charge on any atom is 0.209 e. The van der Waals surface area contributed by atoms with Gasteiger partial charge in [-0.25, -0.2) is 4.68 Å². The van der Waals surface area contributed by atoms with Crippen molar-refractivity contribution in [2.45, 2.75) is 24.9 Å². The van der Waals surface area contributed by atoms with Crippen molar-refractivity contribution in [2.75, 3.05) is 18.1 Å². The van der Waals surface area contributed by atoms with Gasteiger partial charge in [-0.3, -0.25) is 0 Å². The van der Waals surface area contributed by atoms with E-state index in [1.54, 1.807) is 0 Å². The first-order chi connectivity index (χ1) is 6.16. The number of thioether (sulfide) groups is 1. The molecular weight excluding hydrogens is 186 g/mol. The summed E-state index contributed by atoms with van der Waals surface area (Å²) < 4.78 is 1.53. The Labute approximate surface area is 81.9 Å². The first kappa shape index (κ1) is 10.3. The second-order valence-electron chi connectivity index (χ2n) is 3.00. The topological polar surface area (TPSA) is 82.8 Å². The molecule has 1 aromatic heterocycles. The molecule has 0 aromatic carbocycles. The highest BCUT2D eigenvalue weighted by atomic mass is 32.2. The van der Waals surface area contributed by atoms with Crippen LogP contribution in [0.25, 0.3) is 0 Å². The van der Waals surface area contributed by atoms with Crippen LogP contribution >= 0.6 is 11.8 Å². The number of aromatic nitrogens is 3. The number of rotatable bonds is 4. The summed E-state index contributed by atoms with van der Waals surface area (Å²) >= 11 is 1.52. The van der Waals surface area contributed by atoms with E-state index in [-0.39, 0.29) is 0 Å². The molecule has 74 valence electrons. The Morgan fingerprint density at radius 2 is 2.15 bits per heavy atom. The van der Waals surface area contributed by atoms with Gasteiger partial charge in [0.2, 0.25) is 5.16 Å². The summed E-state index contributed by atoms with van der Waals surface area (Å²) in [6, 6.07) is 0. The fraction of sp³-hybridized carbons (Fsp3) is 0.714. The molecule has 0 aliphatic rings. The summed E-state index contributed by atoms with van der Waals surface area (Å²) in [5.41, 5.74) is 5.37. The van der Waals surface area contributed by atoms with E-state index < -0.39 is 0 Å². The van der Waals surface area contributed by atoms with E-state index in [2.05, 4.69) is 10.2 Å². The summed E-state index contributed by atoms with van der Waals surface area (Å²) in [5, 5.41) is 8.70. The number of nitrogens with two attached hydrogens (primary N) is 2. The zero-order valence-electron chi connectivity index (χ0n) is 7.90. The van der Waals surface area contributed by atoms with Crippen molar-refractivity contribution in [1.29, 1.82) is 0 Å². The number of nitrogens with zero attached hydrogens (tertiary/aromatic N) is 3. The zero-order valence-corrected chi connectivity index (χ0v) is 8.71. The first-order valence-corrected chi connectivity index (χ1v) is 5.18. The highest BCUT2D eigenvalue weighted by Crippen LogP contribution is 2.17. The van der Waals surface area contributed by atoms with E-state index in [0.29, 0.717) is 12.5 Å². The minimum absolute atomic E-state index is 0.296. The van der Waals surface area contributed by atoms with Crippen LogP contribution in [0.3, 0.4) is 0 Å². The summed E-state index contributed by atoms with van der Waals surface area (Å²) in [6.45, 7) is 4.68. The van der Waals surface area contributed by atoms with Gasteiger partial charge in [-0.15, -0.1) is 10.2 Å². The van der Waals surface area contributed by atoms with Crippen LogP contribution in [0.15, 0.2) is 5.16 Å². The highest BCUT2D eigenvalue weighted by Gasteiger charge is 2.11. The molecule has 0 spiro atoms. The molecule has 0 aliphatic heterocycles. The Morgan fingerprint density at radius 3 is 2.62 bits per heavy atom. The van der Waals surface area contributed by atoms with E-state index in [4.69, 9.17) is 11.6 Å². The molecule has 0 bridgehead atoms. The van der Waals surface area contributed by atoms with Crippen molar-refractivity contribution < 1.29 is 0 Å². The lowest BCUT2D eigenvalue weighted by Gasteiger charge is -2.04. The number of hydrogen-bond donors (Lipinski definition) is 2. The summed E-state index contributed by atoms with van der Waals surface area (Å²) in [6.07, 6.45) is 0. The van der Waals surface area contributed by atoms with E-state index in [1.807, 2.05) is 13.8 Å². The molecule has 1 heterocycles. The standard InChI is InChI=1S/C7H15N5S/c1-5(2)6-10-11-7(12(6)9)13-4-3-8/h5H,3-4,8-9H2,1-2H3. The van der Waals surface area contributed by atoms with Gasteiger partial charge in [0.1, 0.15) is 0 Å². The Kier molecular flexibility index (Phi) is 3.56.